The molecule has 2 aliphatic rings. The summed E-state index contributed by atoms with van der Waals surface area (Å²) in [6.45, 7) is -0.260. The first kappa shape index (κ1) is 40.0. The molecule has 6 N–H and O–H groups in total. The van der Waals surface area contributed by atoms with Crippen molar-refractivity contribution in [2.45, 2.75) is 75.7 Å². The minimum Gasteiger partial charge on any atom is -0.493 e. The normalized spacial score (nSPS) is 21.4. The summed E-state index contributed by atoms with van der Waals surface area (Å²) in [5.41, 5.74) is 4.74. The van der Waals surface area contributed by atoms with Gasteiger partial charge in [-0.25, -0.2) is 9.59 Å². The third kappa shape index (κ3) is 10.7. The van der Waals surface area contributed by atoms with E-state index in [1.54, 1.807) is 0 Å². The number of nitro benzene ring substituents is 1. The van der Waals surface area contributed by atoms with E-state index in [1.165, 1.54) is 49.6 Å². The predicted molar refractivity (Wildman–Crippen MR) is 182 cm³/mol. The number of carboxylic acid groups (broad SMARTS) is 2. The van der Waals surface area contributed by atoms with Crippen LogP contribution in [0.15, 0.2) is 35.5 Å². The Balaban J connectivity index is 1.56. The Morgan fingerprint density at radius 2 is 1.91 bits per heavy atom. The lowest BCUT2D eigenvalue weighted by atomic mass is 9.95. The van der Waals surface area contributed by atoms with E-state index in [0.717, 1.165) is 6.07 Å². The van der Waals surface area contributed by atoms with Crippen LogP contribution in [0.5, 0.6) is 17.2 Å². The van der Waals surface area contributed by atoms with Crippen LogP contribution in [-0.4, -0.2) is 107 Å². The number of nitrogens with one attached hydrogen (secondary N) is 1. The van der Waals surface area contributed by atoms with Crippen molar-refractivity contribution in [3.8, 4) is 17.2 Å². The number of carbonyl (C=O) groups is 4. The lowest BCUT2D eigenvalue weighted by Crippen LogP contribution is -2.61. The number of rotatable bonds is 16. The number of benzene rings is 2. The van der Waals surface area contributed by atoms with Gasteiger partial charge in [0.05, 0.1) is 42.2 Å². The van der Waals surface area contributed by atoms with Gasteiger partial charge in [-0.1, -0.05) is 11.2 Å². The molecule has 0 spiro atoms. The van der Waals surface area contributed by atoms with E-state index in [-0.39, 0.29) is 72.9 Å². The standard InChI is InChI=1S/C33H41N5O15/c1-48-25-15-21(30(42)37-10-4-3-9-33(37,34)18-35-49-2)22(16-26(25)50-11-5-6-28(40)41)36-32(45)51-17-19-7-8-24(23(12-19)38(46)47)52-29-14-20(39)13-27(53-29)31(43)44/h7-8,12,15-16,18,20,27,29,39H,3-6,9-11,13-14,17,34H2,1-2H3,(H,36,45)(H,40,41)(H,43,44)/b35-18-. The second kappa shape index (κ2) is 18.2. The largest absolute Gasteiger partial charge is 0.493 e. The van der Waals surface area contributed by atoms with Crippen LogP contribution < -0.4 is 25.3 Å². The van der Waals surface area contributed by atoms with Crippen molar-refractivity contribution in [2.24, 2.45) is 10.9 Å². The van der Waals surface area contributed by atoms with Crippen molar-refractivity contribution in [3.05, 3.63) is 51.6 Å². The summed E-state index contributed by atoms with van der Waals surface area (Å²) in [5.74, 6) is -3.02. The Labute approximate surface area is 302 Å². The summed E-state index contributed by atoms with van der Waals surface area (Å²) in [7, 11) is 2.67. The minimum absolute atomic E-state index is 0.0303. The van der Waals surface area contributed by atoms with Crippen molar-refractivity contribution < 1.29 is 67.9 Å². The highest BCUT2D eigenvalue weighted by Crippen LogP contribution is 2.37. The molecule has 20 heteroatoms. The Hall–Kier alpha value is -5.73. The van der Waals surface area contributed by atoms with Crippen LogP contribution in [0.25, 0.3) is 0 Å². The van der Waals surface area contributed by atoms with Crippen LogP contribution in [0.4, 0.5) is 16.2 Å². The Morgan fingerprint density at radius 3 is 2.58 bits per heavy atom. The number of aliphatic carboxylic acids is 2. The van der Waals surface area contributed by atoms with Crippen molar-refractivity contribution in [1.82, 2.24) is 4.90 Å². The fraction of sp³-hybridized carbons (Fsp3) is 0.485. The molecule has 2 aromatic rings. The van der Waals surface area contributed by atoms with E-state index >= 15 is 0 Å². The van der Waals surface area contributed by atoms with E-state index in [1.807, 2.05) is 0 Å². The van der Waals surface area contributed by atoms with E-state index in [4.69, 9.17) is 39.4 Å². The number of aliphatic hydroxyl groups is 1. The van der Waals surface area contributed by atoms with Gasteiger partial charge in [-0.2, -0.15) is 0 Å². The molecule has 4 unspecified atom stereocenters. The summed E-state index contributed by atoms with van der Waals surface area (Å²) >= 11 is 0. The number of hydrogen-bond acceptors (Lipinski definition) is 15. The molecule has 4 atom stereocenters. The number of nitro groups is 1. The number of nitrogens with zero attached hydrogens (tertiary/aromatic N) is 3. The van der Waals surface area contributed by atoms with E-state index in [0.29, 0.717) is 19.3 Å². The summed E-state index contributed by atoms with van der Waals surface area (Å²) in [6.07, 6.45) is -2.06. The maximum absolute atomic E-state index is 14.1. The number of nitrogens with two attached hydrogens (primary N) is 1. The van der Waals surface area contributed by atoms with Crippen molar-refractivity contribution in [2.75, 3.05) is 32.7 Å². The smallest absolute Gasteiger partial charge is 0.411 e. The quantitative estimate of drug-likeness (QED) is 0.0714. The maximum Gasteiger partial charge on any atom is 0.411 e. The first-order valence-electron chi connectivity index (χ1n) is 16.4. The lowest BCUT2D eigenvalue weighted by molar-refractivity contribution is -0.386. The van der Waals surface area contributed by atoms with Crippen LogP contribution in [-0.2, 0) is 30.5 Å². The van der Waals surface area contributed by atoms with Crippen molar-refractivity contribution in [3.63, 3.8) is 0 Å². The number of aliphatic hydroxyl groups excluding tert-OH is 1. The molecule has 2 saturated heterocycles. The van der Waals surface area contributed by atoms with Gasteiger partial charge in [-0.3, -0.25) is 25.0 Å². The molecule has 2 fully saturated rings. The number of carbonyl (C=O) groups excluding carboxylic acids is 2. The summed E-state index contributed by atoms with van der Waals surface area (Å²) < 4.78 is 27.4. The number of carboxylic acids is 2. The van der Waals surface area contributed by atoms with Crippen LogP contribution in [0.1, 0.15) is 60.9 Å². The van der Waals surface area contributed by atoms with Crippen LogP contribution in [0.2, 0.25) is 0 Å². The number of methoxy groups -OCH3 is 1. The van der Waals surface area contributed by atoms with E-state index in [2.05, 4.69) is 10.5 Å². The molecule has 0 radical (unpaired) electrons. The van der Waals surface area contributed by atoms with Crippen LogP contribution in [0, 0.1) is 10.1 Å². The highest BCUT2D eigenvalue weighted by molar-refractivity contribution is 6.05. The molecule has 20 nitrogen and oxygen atoms in total. The van der Waals surface area contributed by atoms with Crippen LogP contribution in [0.3, 0.4) is 0 Å². The van der Waals surface area contributed by atoms with Gasteiger partial charge >= 0.3 is 23.7 Å². The van der Waals surface area contributed by atoms with Gasteiger partial charge in [0.1, 0.15) is 19.4 Å². The molecule has 2 heterocycles. The fourth-order valence-electron chi connectivity index (χ4n) is 5.68. The maximum atomic E-state index is 14.1. The average molecular weight is 748 g/mol. The molecule has 53 heavy (non-hydrogen) atoms. The average Bonchev–Trinajstić information content (AvgIpc) is 3.11. The van der Waals surface area contributed by atoms with Gasteiger partial charge in [0.25, 0.3) is 5.91 Å². The highest BCUT2D eigenvalue weighted by Gasteiger charge is 2.39. The van der Waals surface area contributed by atoms with Gasteiger partial charge in [0.2, 0.25) is 6.29 Å². The van der Waals surface area contributed by atoms with Gasteiger partial charge in [-0.15, -0.1) is 0 Å². The lowest BCUT2D eigenvalue weighted by Gasteiger charge is -2.42. The molecule has 2 aromatic carbocycles. The number of amides is 2. The van der Waals surface area contributed by atoms with E-state index < -0.39 is 65.3 Å². The zero-order chi connectivity index (χ0) is 38.7. The molecular formula is C33H41N5O15. The van der Waals surface area contributed by atoms with Gasteiger partial charge < -0.3 is 54.5 Å². The monoisotopic (exact) mass is 747 g/mol. The second-order valence-corrected chi connectivity index (χ2v) is 12.1. The van der Waals surface area contributed by atoms with Crippen molar-refractivity contribution >= 4 is 41.5 Å². The number of ether oxygens (including phenoxy) is 5. The number of anilines is 1. The second-order valence-electron chi connectivity index (χ2n) is 12.1. The first-order valence-corrected chi connectivity index (χ1v) is 16.4. The highest BCUT2D eigenvalue weighted by atomic mass is 16.7. The molecule has 0 aromatic heterocycles. The molecule has 0 bridgehead atoms. The van der Waals surface area contributed by atoms with Gasteiger partial charge in [0.15, 0.2) is 23.4 Å². The fourth-order valence-corrected chi connectivity index (χ4v) is 5.68. The molecule has 288 valence electrons. The first-order chi connectivity index (χ1) is 25.2. The third-order valence-corrected chi connectivity index (χ3v) is 8.29. The third-order valence-electron chi connectivity index (χ3n) is 8.29. The number of oxime groups is 1. The number of hydrogen-bond donors (Lipinski definition) is 5. The van der Waals surface area contributed by atoms with Gasteiger partial charge in [-0.05, 0) is 43.4 Å². The molecule has 2 aliphatic heterocycles. The number of likely N-dealkylation sites (tertiary alicyclic amines) is 1. The molecule has 2 amide bonds. The molecular weight excluding hydrogens is 706 g/mol. The summed E-state index contributed by atoms with van der Waals surface area (Å²) in [6, 6.07) is 6.32. The van der Waals surface area contributed by atoms with Crippen LogP contribution >= 0.6 is 0 Å². The molecule has 0 saturated carbocycles. The summed E-state index contributed by atoms with van der Waals surface area (Å²) in [5, 5.41) is 46.4. The Kier molecular flexibility index (Phi) is 13.7. The van der Waals surface area contributed by atoms with Gasteiger partial charge in [0, 0.05) is 37.9 Å². The zero-order valence-corrected chi connectivity index (χ0v) is 28.9. The Morgan fingerprint density at radius 1 is 1.13 bits per heavy atom. The zero-order valence-electron chi connectivity index (χ0n) is 28.9. The van der Waals surface area contributed by atoms with Crippen molar-refractivity contribution in [1.29, 1.82) is 0 Å². The number of piperidine rings is 1. The molecule has 0 aliphatic carbocycles. The molecule has 4 rings (SSSR count). The Bertz CT molecular complexity index is 1700. The predicted octanol–water partition coefficient (Wildman–Crippen LogP) is 2.84. The SMILES string of the molecule is CO/N=C\C1(N)CCCCN1C(=O)c1cc(OC)c(OCCCC(=O)O)cc1NC(=O)OCc1ccc(OC2CC(O)CC(C(=O)O)O2)c([N+](=O)[O-])c1. The van der Waals surface area contributed by atoms with E-state index in [9.17, 15) is 39.5 Å². The summed E-state index contributed by atoms with van der Waals surface area (Å²) in [4.78, 5) is 66.9. The minimum atomic E-state index is -1.36. The topological polar surface area (TPSA) is 281 Å².